The van der Waals surface area contributed by atoms with Gasteiger partial charge in [0.05, 0.1) is 6.10 Å². The van der Waals surface area contributed by atoms with Crippen LogP contribution in [0.2, 0.25) is 0 Å². The Kier molecular flexibility index (Phi) is 2.93. The molecule has 1 nitrogen and oxygen atoms in total. The van der Waals surface area contributed by atoms with Gasteiger partial charge in [-0.1, -0.05) is 13.8 Å². The molecule has 1 aromatic rings. The average molecular weight is 210 g/mol. The van der Waals surface area contributed by atoms with Crippen molar-refractivity contribution in [1.82, 2.24) is 0 Å². The highest BCUT2D eigenvalue weighted by molar-refractivity contribution is 7.11. The van der Waals surface area contributed by atoms with Gasteiger partial charge in [0.15, 0.2) is 0 Å². The van der Waals surface area contributed by atoms with Crippen LogP contribution >= 0.6 is 11.3 Å². The molecular weight excluding hydrogens is 192 g/mol. The Morgan fingerprint density at radius 1 is 1.50 bits per heavy atom. The lowest BCUT2D eigenvalue weighted by Gasteiger charge is -2.07. The van der Waals surface area contributed by atoms with Gasteiger partial charge >= 0.3 is 0 Å². The molecule has 1 heterocycles. The lowest BCUT2D eigenvalue weighted by atomic mass is 10.1. The predicted molar refractivity (Wildman–Crippen MR) is 60.7 cm³/mol. The minimum absolute atomic E-state index is 0.103. The van der Waals surface area contributed by atoms with Gasteiger partial charge in [0.1, 0.15) is 0 Å². The molecule has 0 radical (unpaired) electrons. The molecule has 0 aliphatic heterocycles. The van der Waals surface area contributed by atoms with Gasteiger partial charge in [0.2, 0.25) is 0 Å². The van der Waals surface area contributed by atoms with Crippen LogP contribution in [-0.4, -0.2) is 11.2 Å². The molecule has 0 bridgehead atoms. The summed E-state index contributed by atoms with van der Waals surface area (Å²) in [6.07, 6.45) is 3.08. The third kappa shape index (κ3) is 2.18. The molecule has 0 amide bonds. The van der Waals surface area contributed by atoms with E-state index in [1.165, 1.54) is 16.2 Å². The van der Waals surface area contributed by atoms with Crippen molar-refractivity contribution < 1.29 is 5.11 Å². The van der Waals surface area contributed by atoms with E-state index >= 15 is 0 Å². The van der Waals surface area contributed by atoms with E-state index in [0.717, 1.165) is 18.8 Å². The Hall–Kier alpha value is -0.340. The quantitative estimate of drug-likeness (QED) is 0.810. The maximum Gasteiger partial charge on any atom is 0.0619 e. The molecule has 1 aromatic heterocycles. The molecule has 0 aromatic carbocycles. The summed E-state index contributed by atoms with van der Waals surface area (Å²) in [5.74, 6) is 1.32. The number of thiophene rings is 1. The predicted octanol–water partition coefficient (Wildman–Crippen LogP) is 2.87. The first-order valence-electron chi connectivity index (χ1n) is 5.46. The fourth-order valence-corrected chi connectivity index (χ4v) is 2.97. The van der Waals surface area contributed by atoms with Crippen molar-refractivity contribution in [3.05, 3.63) is 21.9 Å². The lowest BCUT2D eigenvalue weighted by Crippen LogP contribution is -2.12. The number of aliphatic hydroxyl groups is 1. The molecule has 2 heteroatoms. The van der Waals surface area contributed by atoms with E-state index in [2.05, 4.69) is 26.0 Å². The van der Waals surface area contributed by atoms with Crippen LogP contribution in [0.5, 0.6) is 0 Å². The minimum atomic E-state index is -0.103. The highest BCUT2D eigenvalue weighted by Crippen LogP contribution is 2.41. The third-order valence-corrected chi connectivity index (χ3v) is 4.39. The van der Waals surface area contributed by atoms with E-state index in [1.807, 2.05) is 11.3 Å². The number of rotatable bonds is 4. The SMILES string of the molecule is CCc1ccc(CC(O)C2CC2C)s1. The summed E-state index contributed by atoms with van der Waals surface area (Å²) in [6.45, 7) is 4.40. The van der Waals surface area contributed by atoms with E-state index in [0.29, 0.717) is 5.92 Å². The molecule has 2 rings (SSSR count). The average Bonchev–Trinajstić information content (AvgIpc) is 2.74. The van der Waals surface area contributed by atoms with Crippen molar-refractivity contribution in [3.63, 3.8) is 0 Å². The Morgan fingerprint density at radius 3 is 2.64 bits per heavy atom. The van der Waals surface area contributed by atoms with E-state index in [4.69, 9.17) is 0 Å². The van der Waals surface area contributed by atoms with Crippen LogP contribution < -0.4 is 0 Å². The van der Waals surface area contributed by atoms with Crippen molar-refractivity contribution in [2.45, 2.75) is 39.2 Å². The summed E-state index contributed by atoms with van der Waals surface area (Å²) in [7, 11) is 0. The number of aryl methyl sites for hydroxylation is 1. The van der Waals surface area contributed by atoms with Gasteiger partial charge in [0.25, 0.3) is 0 Å². The molecule has 3 atom stereocenters. The van der Waals surface area contributed by atoms with E-state index < -0.39 is 0 Å². The Balaban J connectivity index is 1.90. The van der Waals surface area contributed by atoms with Gasteiger partial charge in [-0.3, -0.25) is 0 Å². The molecule has 0 saturated heterocycles. The lowest BCUT2D eigenvalue weighted by molar-refractivity contribution is 0.147. The van der Waals surface area contributed by atoms with Crippen molar-refractivity contribution in [1.29, 1.82) is 0 Å². The summed E-state index contributed by atoms with van der Waals surface area (Å²) in [4.78, 5) is 2.77. The van der Waals surface area contributed by atoms with Crippen molar-refractivity contribution in [2.24, 2.45) is 11.8 Å². The largest absolute Gasteiger partial charge is 0.392 e. The van der Waals surface area contributed by atoms with Crippen LogP contribution in [0, 0.1) is 11.8 Å². The van der Waals surface area contributed by atoms with Gasteiger partial charge in [-0.15, -0.1) is 11.3 Å². The number of hydrogen-bond acceptors (Lipinski definition) is 2. The first-order valence-corrected chi connectivity index (χ1v) is 6.28. The summed E-state index contributed by atoms with van der Waals surface area (Å²) < 4.78 is 0. The smallest absolute Gasteiger partial charge is 0.0619 e. The van der Waals surface area contributed by atoms with Gasteiger partial charge < -0.3 is 5.11 Å². The second-order valence-electron chi connectivity index (χ2n) is 4.37. The van der Waals surface area contributed by atoms with Crippen LogP contribution in [0.4, 0.5) is 0 Å². The van der Waals surface area contributed by atoms with E-state index in [-0.39, 0.29) is 6.10 Å². The van der Waals surface area contributed by atoms with Crippen LogP contribution in [-0.2, 0) is 12.8 Å². The van der Waals surface area contributed by atoms with Crippen LogP contribution in [0.25, 0.3) is 0 Å². The van der Waals surface area contributed by atoms with Gasteiger partial charge in [-0.2, -0.15) is 0 Å². The van der Waals surface area contributed by atoms with Crippen LogP contribution in [0.3, 0.4) is 0 Å². The summed E-state index contributed by atoms with van der Waals surface area (Å²) in [5, 5.41) is 9.90. The summed E-state index contributed by atoms with van der Waals surface area (Å²) >= 11 is 1.85. The third-order valence-electron chi connectivity index (χ3n) is 3.14. The van der Waals surface area contributed by atoms with Crippen molar-refractivity contribution >= 4 is 11.3 Å². The zero-order valence-electron chi connectivity index (χ0n) is 8.86. The normalized spacial score (nSPS) is 27.6. The number of aliphatic hydroxyl groups excluding tert-OH is 1. The molecule has 1 fully saturated rings. The molecule has 1 aliphatic carbocycles. The van der Waals surface area contributed by atoms with Crippen molar-refractivity contribution in [2.75, 3.05) is 0 Å². The molecule has 1 aliphatic rings. The Morgan fingerprint density at radius 2 is 2.14 bits per heavy atom. The zero-order valence-corrected chi connectivity index (χ0v) is 9.68. The molecule has 78 valence electrons. The second kappa shape index (κ2) is 4.03. The Bertz CT molecular complexity index is 305. The van der Waals surface area contributed by atoms with Gasteiger partial charge in [-0.25, -0.2) is 0 Å². The molecule has 14 heavy (non-hydrogen) atoms. The topological polar surface area (TPSA) is 20.2 Å². The highest BCUT2D eigenvalue weighted by Gasteiger charge is 2.38. The van der Waals surface area contributed by atoms with Crippen molar-refractivity contribution in [3.8, 4) is 0 Å². The van der Waals surface area contributed by atoms with Crippen LogP contribution in [0.1, 0.15) is 30.0 Å². The highest BCUT2D eigenvalue weighted by atomic mass is 32.1. The monoisotopic (exact) mass is 210 g/mol. The zero-order chi connectivity index (χ0) is 10.1. The maximum absolute atomic E-state index is 9.90. The first-order chi connectivity index (χ1) is 6.70. The minimum Gasteiger partial charge on any atom is -0.392 e. The molecule has 1 N–H and O–H groups in total. The maximum atomic E-state index is 9.90. The second-order valence-corrected chi connectivity index (χ2v) is 5.62. The number of hydrogen-bond donors (Lipinski definition) is 1. The molecular formula is C12H18OS. The van der Waals surface area contributed by atoms with E-state index in [1.54, 1.807) is 0 Å². The fraction of sp³-hybridized carbons (Fsp3) is 0.667. The summed E-state index contributed by atoms with van der Waals surface area (Å²) in [6, 6.07) is 4.35. The van der Waals surface area contributed by atoms with Gasteiger partial charge in [0, 0.05) is 16.2 Å². The van der Waals surface area contributed by atoms with Gasteiger partial charge in [-0.05, 0) is 36.8 Å². The first kappa shape index (κ1) is 10.2. The summed E-state index contributed by atoms with van der Waals surface area (Å²) in [5.41, 5.74) is 0. The molecule has 1 saturated carbocycles. The Labute approximate surface area is 89.8 Å². The molecule has 3 unspecified atom stereocenters. The van der Waals surface area contributed by atoms with Crippen LogP contribution in [0.15, 0.2) is 12.1 Å². The standard InChI is InChI=1S/C12H18OS/c1-3-9-4-5-10(14-9)7-12(13)11-6-8(11)2/h4-5,8,11-13H,3,6-7H2,1-2H3. The fourth-order valence-electron chi connectivity index (χ4n) is 1.97. The molecule has 0 spiro atoms. The van der Waals surface area contributed by atoms with E-state index in [9.17, 15) is 5.11 Å².